The summed E-state index contributed by atoms with van der Waals surface area (Å²) in [7, 11) is 1.67. The van der Waals surface area contributed by atoms with Crippen molar-refractivity contribution in [3.05, 3.63) is 59.7 Å². The fourth-order valence-electron chi connectivity index (χ4n) is 1.70. The largest absolute Gasteiger partial charge is 0.496 e. The number of halogens is 1. The summed E-state index contributed by atoms with van der Waals surface area (Å²) in [4.78, 5) is 0. The van der Waals surface area contributed by atoms with Crippen LogP contribution in [0.4, 0.5) is 0 Å². The van der Waals surface area contributed by atoms with Crippen LogP contribution in [-0.2, 0) is 11.9 Å². The third-order valence-electron chi connectivity index (χ3n) is 2.64. The van der Waals surface area contributed by atoms with E-state index >= 15 is 0 Å². The first kappa shape index (κ1) is 13.0. The summed E-state index contributed by atoms with van der Waals surface area (Å²) in [5, 5.41) is 0.832. The van der Waals surface area contributed by atoms with E-state index in [0.29, 0.717) is 6.61 Å². The van der Waals surface area contributed by atoms with Gasteiger partial charge in [0.2, 0.25) is 0 Å². The van der Waals surface area contributed by atoms with E-state index < -0.39 is 0 Å². The maximum absolute atomic E-state index is 5.78. The highest BCUT2D eigenvalue weighted by Gasteiger charge is 2.02. The van der Waals surface area contributed by atoms with Crippen LogP contribution in [0.5, 0.6) is 11.5 Å². The first-order chi connectivity index (χ1) is 8.83. The Kier molecular flexibility index (Phi) is 4.65. The minimum absolute atomic E-state index is 0.510. The molecule has 2 aromatic carbocycles. The van der Waals surface area contributed by atoms with Gasteiger partial charge in [0.15, 0.2) is 0 Å². The van der Waals surface area contributed by atoms with Crippen molar-refractivity contribution in [2.75, 3.05) is 7.11 Å². The second-order valence-corrected chi connectivity index (χ2v) is 4.44. The number of para-hydroxylation sites is 1. The lowest BCUT2D eigenvalue weighted by atomic mass is 10.2. The molecule has 0 fully saturated rings. The summed E-state index contributed by atoms with van der Waals surface area (Å²) in [6.07, 6.45) is 0. The van der Waals surface area contributed by atoms with E-state index in [-0.39, 0.29) is 0 Å². The Morgan fingerprint density at radius 1 is 1.06 bits per heavy atom. The van der Waals surface area contributed by atoms with E-state index in [0.717, 1.165) is 22.4 Å². The number of ether oxygens (including phenoxy) is 2. The van der Waals surface area contributed by atoms with Crippen LogP contribution in [0.3, 0.4) is 0 Å². The van der Waals surface area contributed by atoms with Crippen molar-refractivity contribution in [3.8, 4) is 11.5 Å². The highest BCUT2D eigenvalue weighted by atomic mass is 79.9. The molecule has 0 unspecified atom stereocenters. The molecule has 0 amide bonds. The van der Waals surface area contributed by atoms with Crippen molar-refractivity contribution in [1.82, 2.24) is 0 Å². The number of benzene rings is 2. The zero-order chi connectivity index (χ0) is 12.8. The maximum atomic E-state index is 5.78. The van der Waals surface area contributed by atoms with Gasteiger partial charge in [-0.15, -0.1) is 0 Å². The highest BCUT2D eigenvalue weighted by Crippen LogP contribution is 2.21. The van der Waals surface area contributed by atoms with Gasteiger partial charge in [0, 0.05) is 10.9 Å². The van der Waals surface area contributed by atoms with Gasteiger partial charge in [0.1, 0.15) is 18.1 Å². The van der Waals surface area contributed by atoms with Crippen LogP contribution >= 0.6 is 15.9 Å². The molecule has 0 spiro atoms. The maximum Gasteiger partial charge on any atom is 0.125 e. The van der Waals surface area contributed by atoms with Crippen LogP contribution < -0.4 is 9.47 Å². The first-order valence-electron chi connectivity index (χ1n) is 5.73. The summed E-state index contributed by atoms with van der Waals surface area (Å²) in [5.41, 5.74) is 2.25. The fourth-order valence-corrected chi connectivity index (χ4v) is 2.05. The zero-order valence-corrected chi connectivity index (χ0v) is 11.8. The summed E-state index contributed by atoms with van der Waals surface area (Å²) in [6, 6.07) is 15.9. The quantitative estimate of drug-likeness (QED) is 0.772. The monoisotopic (exact) mass is 306 g/mol. The molecule has 0 saturated heterocycles. The molecule has 3 heteroatoms. The standard InChI is InChI=1S/C15H15BrO2/c1-17-15-8-3-2-6-13(15)11-18-14-7-4-5-12(9-14)10-16/h2-9H,10-11H2,1H3. The molecular weight excluding hydrogens is 292 g/mol. The minimum Gasteiger partial charge on any atom is -0.496 e. The molecule has 0 bridgehead atoms. The van der Waals surface area contributed by atoms with Crippen molar-refractivity contribution in [2.45, 2.75) is 11.9 Å². The molecule has 0 aromatic heterocycles. The van der Waals surface area contributed by atoms with Crippen molar-refractivity contribution in [1.29, 1.82) is 0 Å². The van der Waals surface area contributed by atoms with Crippen molar-refractivity contribution in [3.63, 3.8) is 0 Å². The average molecular weight is 307 g/mol. The molecule has 0 atom stereocenters. The van der Waals surface area contributed by atoms with Crippen LogP contribution in [0.25, 0.3) is 0 Å². The van der Waals surface area contributed by atoms with E-state index in [1.165, 1.54) is 5.56 Å². The van der Waals surface area contributed by atoms with E-state index in [1.807, 2.05) is 42.5 Å². The number of alkyl halides is 1. The third kappa shape index (κ3) is 3.26. The van der Waals surface area contributed by atoms with Gasteiger partial charge in [0.05, 0.1) is 7.11 Å². The Morgan fingerprint density at radius 3 is 2.67 bits per heavy atom. The Morgan fingerprint density at radius 2 is 1.89 bits per heavy atom. The van der Waals surface area contributed by atoms with Gasteiger partial charge < -0.3 is 9.47 Å². The smallest absolute Gasteiger partial charge is 0.125 e. The Balaban J connectivity index is 2.06. The molecule has 0 heterocycles. The predicted octanol–water partition coefficient (Wildman–Crippen LogP) is 4.17. The summed E-state index contributed by atoms with van der Waals surface area (Å²) in [5.74, 6) is 1.73. The van der Waals surface area contributed by atoms with Gasteiger partial charge >= 0.3 is 0 Å². The Hall–Kier alpha value is -1.48. The molecule has 2 nitrogen and oxygen atoms in total. The van der Waals surface area contributed by atoms with E-state index in [1.54, 1.807) is 7.11 Å². The molecule has 0 aliphatic heterocycles. The molecule has 2 aromatic rings. The normalized spacial score (nSPS) is 10.1. The van der Waals surface area contributed by atoms with E-state index in [2.05, 4.69) is 22.0 Å². The molecule has 0 saturated carbocycles. The number of rotatable bonds is 5. The van der Waals surface area contributed by atoms with Gasteiger partial charge in [-0.25, -0.2) is 0 Å². The topological polar surface area (TPSA) is 18.5 Å². The SMILES string of the molecule is COc1ccccc1COc1cccc(CBr)c1. The van der Waals surface area contributed by atoms with Gasteiger partial charge in [-0.05, 0) is 23.8 Å². The predicted molar refractivity (Wildman–Crippen MR) is 76.4 cm³/mol. The van der Waals surface area contributed by atoms with Gasteiger partial charge in [-0.2, -0.15) is 0 Å². The lowest BCUT2D eigenvalue weighted by molar-refractivity contribution is 0.296. The van der Waals surface area contributed by atoms with Crippen LogP contribution in [0.2, 0.25) is 0 Å². The number of hydrogen-bond donors (Lipinski definition) is 0. The second kappa shape index (κ2) is 6.45. The lowest BCUT2D eigenvalue weighted by Gasteiger charge is -2.10. The number of hydrogen-bond acceptors (Lipinski definition) is 2. The molecule has 94 valence electrons. The zero-order valence-electron chi connectivity index (χ0n) is 10.2. The third-order valence-corrected chi connectivity index (χ3v) is 3.29. The molecule has 0 N–H and O–H groups in total. The summed E-state index contributed by atoms with van der Waals surface area (Å²) >= 11 is 3.43. The Bertz CT molecular complexity index is 511. The first-order valence-corrected chi connectivity index (χ1v) is 6.85. The van der Waals surface area contributed by atoms with Crippen molar-refractivity contribution >= 4 is 15.9 Å². The molecule has 2 rings (SSSR count). The highest BCUT2D eigenvalue weighted by molar-refractivity contribution is 9.08. The van der Waals surface area contributed by atoms with Crippen LogP contribution in [-0.4, -0.2) is 7.11 Å². The van der Waals surface area contributed by atoms with Crippen LogP contribution in [0.1, 0.15) is 11.1 Å². The average Bonchev–Trinajstić information content (AvgIpc) is 2.45. The second-order valence-electron chi connectivity index (χ2n) is 3.88. The Labute approximate surface area is 116 Å². The van der Waals surface area contributed by atoms with Gasteiger partial charge in [0.25, 0.3) is 0 Å². The molecule has 0 radical (unpaired) electrons. The van der Waals surface area contributed by atoms with Gasteiger partial charge in [-0.1, -0.05) is 46.3 Å². The summed E-state index contributed by atoms with van der Waals surface area (Å²) < 4.78 is 11.1. The van der Waals surface area contributed by atoms with E-state index in [9.17, 15) is 0 Å². The minimum atomic E-state index is 0.510. The lowest BCUT2D eigenvalue weighted by Crippen LogP contribution is -1.98. The van der Waals surface area contributed by atoms with Gasteiger partial charge in [-0.3, -0.25) is 0 Å². The number of methoxy groups -OCH3 is 1. The summed E-state index contributed by atoms with van der Waals surface area (Å²) in [6.45, 7) is 0.510. The molecule has 18 heavy (non-hydrogen) atoms. The van der Waals surface area contributed by atoms with Crippen LogP contribution in [0.15, 0.2) is 48.5 Å². The fraction of sp³-hybridized carbons (Fsp3) is 0.200. The van der Waals surface area contributed by atoms with Crippen molar-refractivity contribution in [2.24, 2.45) is 0 Å². The molecule has 0 aliphatic rings. The van der Waals surface area contributed by atoms with E-state index in [4.69, 9.17) is 9.47 Å². The molecular formula is C15H15BrO2. The van der Waals surface area contributed by atoms with Crippen LogP contribution in [0, 0.1) is 0 Å². The molecule has 0 aliphatic carbocycles. The van der Waals surface area contributed by atoms with Crippen molar-refractivity contribution < 1.29 is 9.47 Å².